The second-order valence-electron chi connectivity index (χ2n) is 10.9. The molecule has 1 N–H and O–H groups in total. The number of benzodiazepines with no additional fused rings is 1. The lowest BCUT2D eigenvalue weighted by molar-refractivity contribution is -0.114. The first-order valence-electron chi connectivity index (χ1n) is 15.1. The van der Waals surface area contributed by atoms with Crippen LogP contribution in [-0.4, -0.2) is 60.9 Å². The summed E-state index contributed by atoms with van der Waals surface area (Å²) in [6, 6.07) is 20.9. The molecule has 3 heterocycles. The molecule has 0 radical (unpaired) electrons. The minimum atomic E-state index is -0.140. The molecule has 0 unspecified atom stereocenters. The maximum atomic E-state index is 12.4. The van der Waals surface area contributed by atoms with Gasteiger partial charge in [-0.2, -0.15) is 0 Å². The van der Waals surface area contributed by atoms with E-state index in [-0.39, 0.29) is 12.5 Å². The summed E-state index contributed by atoms with van der Waals surface area (Å²) in [5, 5.41) is 4.29. The van der Waals surface area contributed by atoms with Gasteiger partial charge in [-0.1, -0.05) is 36.4 Å². The largest absolute Gasteiger partial charge is 0.490 e. The van der Waals surface area contributed by atoms with Crippen molar-refractivity contribution in [3.8, 4) is 11.5 Å². The number of aryl methyl sites for hydroxylation is 1. The lowest BCUT2D eigenvalue weighted by Crippen LogP contribution is -2.33. The van der Waals surface area contributed by atoms with Crippen LogP contribution in [0, 0.1) is 0 Å². The van der Waals surface area contributed by atoms with Crippen molar-refractivity contribution in [3.63, 3.8) is 0 Å². The molecule has 1 amide bonds. The molecule has 1 saturated heterocycles. The maximum Gasteiger partial charge on any atom is 0.246 e. The van der Waals surface area contributed by atoms with E-state index in [4.69, 9.17) is 14.5 Å². The molecular formula is C34H38N4O3S. The van der Waals surface area contributed by atoms with Gasteiger partial charge in [0.1, 0.15) is 6.54 Å². The highest BCUT2D eigenvalue weighted by atomic mass is 32.1. The zero-order valence-corrected chi connectivity index (χ0v) is 25.2. The maximum absolute atomic E-state index is 12.4. The van der Waals surface area contributed by atoms with Crippen LogP contribution < -0.4 is 14.8 Å². The van der Waals surface area contributed by atoms with Gasteiger partial charge in [0, 0.05) is 23.1 Å². The van der Waals surface area contributed by atoms with Gasteiger partial charge in [-0.3, -0.25) is 9.79 Å². The molecule has 1 aromatic heterocycles. The number of thiazole rings is 1. The quantitative estimate of drug-likeness (QED) is 0.225. The molecule has 8 heteroatoms. The number of nitrogens with one attached hydrogen (secondary N) is 1. The van der Waals surface area contributed by atoms with Crippen molar-refractivity contribution in [2.45, 2.75) is 45.4 Å². The molecule has 218 valence electrons. The zero-order valence-electron chi connectivity index (χ0n) is 24.4. The number of piperidine rings is 1. The molecule has 4 aromatic rings. The number of likely N-dealkylation sites (tertiary alicyclic amines) is 1. The van der Waals surface area contributed by atoms with Crippen molar-refractivity contribution in [3.05, 3.63) is 82.4 Å². The Morgan fingerprint density at radius 2 is 1.71 bits per heavy atom. The van der Waals surface area contributed by atoms with E-state index in [1.807, 2.05) is 37.3 Å². The molecule has 7 nitrogen and oxygen atoms in total. The molecule has 3 aromatic carbocycles. The number of aliphatic imine (C=N–C) groups is 1. The highest BCUT2D eigenvalue weighted by Gasteiger charge is 2.24. The lowest BCUT2D eigenvalue weighted by Gasteiger charge is -2.31. The summed E-state index contributed by atoms with van der Waals surface area (Å²) in [7, 11) is 0. The molecule has 0 saturated carbocycles. The van der Waals surface area contributed by atoms with Gasteiger partial charge in [0.15, 0.2) is 11.5 Å². The number of carbonyl (C=O) groups is 1. The molecular weight excluding hydrogens is 544 g/mol. The Bertz CT molecular complexity index is 1540. The number of hydrogen-bond donors (Lipinski definition) is 1. The van der Waals surface area contributed by atoms with E-state index in [2.05, 4.69) is 63.7 Å². The SMILES string of the molecule is CCOc1cc2c(cc1OCC)C(c1ccc(CCCN3CCC(c4nc5ccccc5s4)CC3)cc1)=NCC(=O)N2. The Hall–Kier alpha value is -3.75. The molecule has 1 fully saturated rings. The molecule has 0 aliphatic carbocycles. The number of hydrogen-bond acceptors (Lipinski definition) is 7. The monoisotopic (exact) mass is 582 g/mol. The predicted molar refractivity (Wildman–Crippen MR) is 171 cm³/mol. The summed E-state index contributed by atoms with van der Waals surface area (Å²) in [5.74, 6) is 1.72. The van der Waals surface area contributed by atoms with Gasteiger partial charge in [0.05, 0.1) is 39.8 Å². The number of carbonyl (C=O) groups excluding carboxylic acids is 1. The topological polar surface area (TPSA) is 76.1 Å². The summed E-state index contributed by atoms with van der Waals surface area (Å²) in [6.07, 6.45) is 4.54. The fraction of sp³-hybridized carbons (Fsp3) is 0.382. The third-order valence-electron chi connectivity index (χ3n) is 8.01. The molecule has 42 heavy (non-hydrogen) atoms. The fourth-order valence-electron chi connectivity index (χ4n) is 5.87. The van der Waals surface area contributed by atoms with Gasteiger partial charge in [-0.25, -0.2) is 4.98 Å². The summed E-state index contributed by atoms with van der Waals surface area (Å²) in [4.78, 5) is 24.6. The van der Waals surface area contributed by atoms with E-state index in [0.717, 1.165) is 54.8 Å². The van der Waals surface area contributed by atoms with Gasteiger partial charge < -0.3 is 19.7 Å². The summed E-state index contributed by atoms with van der Waals surface area (Å²) < 4.78 is 12.9. The Kier molecular flexibility index (Phi) is 8.81. The highest BCUT2D eigenvalue weighted by molar-refractivity contribution is 7.18. The number of benzene rings is 3. The highest BCUT2D eigenvalue weighted by Crippen LogP contribution is 2.37. The van der Waals surface area contributed by atoms with Gasteiger partial charge in [0.25, 0.3) is 0 Å². The normalized spacial score (nSPS) is 16.0. The molecule has 0 bridgehead atoms. The second kappa shape index (κ2) is 13.0. The van der Waals surface area contributed by atoms with E-state index < -0.39 is 0 Å². The van der Waals surface area contributed by atoms with Crippen molar-refractivity contribution >= 4 is 38.9 Å². The first-order valence-corrected chi connectivity index (χ1v) is 15.9. The van der Waals surface area contributed by atoms with Crippen molar-refractivity contribution in [2.24, 2.45) is 4.99 Å². The van der Waals surface area contributed by atoms with Crippen LogP contribution in [0.5, 0.6) is 11.5 Å². The standard InChI is InChI=1S/C34H38N4O3S/c1-3-40-29-20-26-28(21-30(29)41-4-2)36-32(39)22-35-33(26)24-13-11-23(12-14-24)8-7-17-38-18-15-25(16-19-38)34-37-27-9-5-6-10-31(27)42-34/h5-6,9-14,20-21,25H,3-4,7-8,15-19,22H2,1-2H3,(H,36,39). The Labute approximate surface area is 251 Å². The molecule has 2 aliphatic heterocycles. The van der Waals surface area contributed by atoms with Gasteiger partial charge in [-0.05, 0) is 82.9 Å². The third-order valence-corrected chi connectivity index (χ3v) is 9.21. The van der Waals surface area contributed by atoms with Crippen molar-refractivity contribution in [2.75, 3.05) is 44.7 Å². The van der Waals surface area contributed by atoms with Gasteiger partial charge >= 0.3 is 0 Å². The van der Waals surface area contributed by atoms with Crippen LogP contribution in [0.3, 0.4) is 0 Å². The number of fused-ring (bicyclic) bond motifs is 2. The van der Waals surface area contributed by atoms with Crippen molar-refractivity contribution in [1.82, 2.24) is 9.88 Å². The van der Waals surface area contributed by atoms with E-state index in [9.17, 15) is 4.79 Å². The predicted octanol–water partition coefficient (Wildman–Crippen LogP) is 6.70. The number of para-hydroxylation sites is 1. The number of rotatable bonds is 10. The Balaban J connectivity index is 1.06. The number of amides is 1. The van der Waals surface area contributed by atoms with Crippen LogP contribution in [0.4, 0.5) is 5.69 Å². The average Bonchev–Trinajstić information content (AvgIpc) is 3.37. The van der Waals surface area contributed by atoms with E-state index in [1.54, 1.807) is 0 Å². The van der Waals surface area contributed by atoms with Crippen LogP contribution in [0.25, 0.3) is 10.2 Å². The van der Waals surface area contributed by atoms with E-state index in [0.29, 0.717) is 36.3 Å². The first kappa shape index (κ1) is 28.4. The zero-order chi connectivity index (χ0) is 28.9. The van der Waals surface area contributed by atoms with Crippen LogP contribution in [-0.2, 0) is 11.2 Å². The van der Waals surface area contributed by atoms with Crippen molar-refractivity contribution < 1.29 is 14.3 Å². The fourth-order valence-corrected chi connectivity index (χ4v) is 7.01. The number of nitrogens with zero attached hydrogens (tertiary/aromatic N) is 3. The summed E-state index contributed by atoms with van der Waals surface area (Å²) in [6.45, 7) is 8.39. The molecule has 2 aliphatic rings. The minimum absolute atomic E-state index is 0.0787. The van der Waals surface area contributed by atoms with Crippen molar-refractivity contribution in [1.29, 1.82) is 0 Å². The van der Waals surface area contributed by atoms with Crippen LogP contribution in [0.15, 0.2) is 65.7 Å². The van der Waals surface area contributed by atoms with Gasteiger partial charge in [-0.15, -0.1) is 11.3 Å². The lowest BCUT2D eigenvalue weighted by atomic mass is 9.96. The number of ether oxygens (including phenoxy) is 2. The van der Waals surface area contributed by atoms with Crippen LogP contribution in [0.2, 0.25) is 0 Å². The molecule has 0 atom stereocenters. The first-order chi connectivity index (χ1) is 20.6. The minimum Gasteiger partial charge on any atom is -0.490 e. The summed E-state index contributed by atoms with van der Waals surface area (Å²) >= 11 is 1.86. The van der Waals surface area contributed by atoms with Gasteiger partial charge in [0.2, 0.25) is 5.91 Å². The Morgan fingerprint density at radius 3 is 2.45 bits per heavy atom. The number of aromatic nitrogens is 1. The third kappa shape index (κ3) is 6.35. The second-order valence-corrected chi connectivity index (χ2v) is 11.9. The average molecular weight is 583 g/mol. The molecule has 0 spiro atoms. The summed E-state index contributed by atoms with van der Waals surface area (Å²) in [5.41, 5.74) is 5.76. The smallest absolute Gasteiger partial charge is 0.246 e. The Morgan fingerprint density at radius 1 is 0.976 bits per heavy atom. The van der Waals surface area contributed by atoms with Crippen LogP contribution >= 0.6 is 11.3 Å². The van der Waals surface area contributed by atoms with E-state index in [1.165, 1.54) is 28.1 Å². The number of anilines is 1. The molecule has 6 rings (SSSR count). The van der Waals surface area contributed by atoms with E-state index >= 15 is 0 Å². The van der Waals surface area contributed by atoms with Crippen LogP contribution in [0.1, 0.15) is 60.7 Å².